The Kier molecular flexibility index (Phi) is 11.8. The summed E-state index contributed by atoms with van der Waals surface area (Å²) < 4.78 is 0. The summed E-state index contributed by atoms with van der Waals surface area (Å²) in [6, 6.07) is -3.71. The molecule has 4 unspecified atom stereocenters. The van der Waals surface area contributed by atoms with Crippen LogP contribution < -0.4 is 21.7 Å². The second kappa shape index (κ2) is 12.6. The first-order valence-corrected chi connectivity index (χ1v) is 10.0. The molecular formula is C18H34N4O5S. The second-order valence-electron chi connectivity index (χ2n) is 7.74. The third-order valence-corrected chi connectivity index (χ3v) is 4.34. The summed E-state index contributed by atoms with van der Waals surface area (Å²) in [6.45, 7) is 8.94. The molecule has 9 nitrogen and oxygen atoms in total. The minimum atomic E-state index is -1.13. The van der Waals surface area contributed by atoms with Crippen molar-refractivity contribution >= 4 is 36.3 Å². The Bertz CT molecular complexity index is 556. The van der Waals surface area contributed by atoms with Gasteiger partial charge in [0.05, 0.1) is 6.04 Å². The van der Waals surface area contributed by atoms with E-state index in [4.69, 9.17) is 5.73 Å². The van der Waals surface area contributed by atoms with Crippen LogP contribution in [-0.4, -0.2) is 58.7 Å². The van der Waals surface area contributed by atoms with Crippen LogP contribution in [0.5, 0.6) is 0 Å². The molecule has 6 N–H and O–H groups in total. The molecule has 0 saturated carbocycles. The number of hydrogen-bond acceptors (Lipinski definition) is 6. The average Bonchev–Trinajstić information content (AvgIpc) is 2.58. The van der Waals surface area contributed by atoms with Crippen LogP contribution in [0.2, 0.25) is 0 Å². The minimum Gasteiger partial charge on any atom is -0.480 e. The molecule has 4 atom stereocenters. The number of nitrogens with two attached hydrogens (primary N) is 1. The topological polar surface area (TPSA) is 151 Å². The van der Waals surface area contributed by atoms with Crippen LogP contribution in [0.25, 0.3) is 0 Å². The Morgan fingerprint density at radius 3 is 1.71 bits per heavy atom. The van der Waals surface area contributed by atoms with Crippen LogP contribution in [0.4, 0.5) is 0 Å². The van der Waals surface area contributed by atoms with E-state index in [0.717, 1.165) is 0 Å². The quantitative estimate of drug-likeness (QED) is 0.244. The van der Waals surface area contributed by atoms with Gasteiger partial charge in [-0.2, -0.15) is 12.6 Å². The minimum absolute atomic E-state index is 0.0768. The second-order valence-corrected chi connectivity index (χ2v) is 8.10. The number of amides is 3. The first-order valence-electron chi connectivity index (χ1n) is 9.39. The third kappa shape index (κ3) is 9.93. The van der Waals surface area contributed by atoms with Gasteiger partial charge in [-0.1, -0.05) is 27.7 Å². The summed E-state index contributed by atoms with van der Waals surface area (Å²) in [6.07, 6.45) is 0.631. The van der Waals surface area contributed by atoms with Crippen molar-refractivity contribution in [3.63, 3.8) is 0 Å². The number of carbonyl (C=O) groups is 4. The molecule has 0 aromatic rings. The van der Waals surface area contributed by atoms with E-state index >= 15 is 0 Å². The molecule has 0 saturated heterocycles. The molecule has 162 valence electrons. The predicted octanol–water partition coefficient (Wildman–Crippen LogP) is -0.105. The summed E-state index contributed by atoms with van der Waals surface area (Å²) in [5.41, 5.74) is 5.63. The lowest BCUT2D eigenvalue weighted by atomic mass is 10.0. The van der Waals surface area contributed by atoms with Crippen molar-refractivity contribution in [2.75, 3.05) is 5.75 Å². The largest absolute Gasteiger partial charge is 0.480 e. The van der Waals surface area contributed by atoms with E-state index in [1.807, 2.05) is 27.7 Å². The molecule has 3 amide bonds. The molecule has 0 heterocycles. The highest BCUT2D eigenvalue weighted by molar-refractivity contribution is 7.80. The number of thiol groups is 1. The smallest absolute Gasteiger partial charge is 0.326 e. The van der Waals surface area contributed by atoms with Gasteiger partial charge < -0.3 is 26.8 Å². The predicted molar refractivity (Wildman–Crippen MR) is 110 cm³/mol. The van der Waals surface area contributed by atoms with Gasteiger partial charge in [0.1, 0.15) is 18.1 Å². The van der Waals surface area contributed by atoms with Crippen LogP contribution in [0, 0.1) is 11.8 Å². The molecule has 28 heavy (non-hydrogen) atoms. The van der Waals surface area contributed by atoms with Crippen molar-refractivity contribution in [1.82, 2.24) is 16.0 Å². The molecular weight excluding hydrogens is 384 g/mol. The molecule has 0 bridgehead atoms. The molecule has 10 heteroatoms. The van der Waals surface area contributed by atoms with E-state index in [0.29, 0.717) is 6.42 Å². The van der Waals surface area contributed by atoms with Crippen LogP contribution in [0.3, 0.4) is 0 Å². The molecule has 0 rings (SSSR count). The molecule has 0 aromatic carbocycles. The first-order chi connectivity index (χ1) is 12.9. The SMILES string of the molecule is CC(C)CC(NC(=O)C(C)NC(=O)C(CC(C)C)NC(=O)C(N)CS)C(=O)O. The number of carboxylic acid groups (broad SMARTS) is 1. The van der Waals surface area contributed by atoms with E-state index in [1.165, 1.54) is 6.92 Å². The zero-order chi connectivity index (χ0) is 22.0. The Labute approximate surface area is 172 Å². The summed E-state index contributed by atoms with van der Waals surface area (Å²) in [5, 5.41) is 16.8. The fourth-order valence-corrected chi connectivity index (χ4v) is 2.60. The Hall–Kier alpha value is -1.81. The van der Waals surface area contributed by atoms with E-state index < -0.39 is 47.9 Å². The number of carboxylic acids is 1. The maximum absolute atomic E-state index is 12.6. The van der Waals surface area contributed by atoms with Crippen LogP contribution in [0.15, 0.2) is 0 Å². The number of carbonyl (C=O) groups excluding carboxylic acids is 3. The number of rotatable bonds is 12. The summed E-state index contributed by atoms with van der Waals surface area (Å²) in [5.74, 6) is -2.47. The van der Waals surface area contributed by atoms with E-state index in [1.54, 1.807) is 0 Å². The number of nitrogens with one attached hydrogen (secondary N) is 3. The molecule has 0 fully saturated rings. The number of hydrogen-bond donors (Lipinski definition) is 6. The van der Waals surface area contributed by atoms with Crippen molar-refractivity contribution in [3.8, 4) is 0 Å². The molecule has 0 aliphatic rings. The van der Waals surface area contributed by atoms with Gasteiger partial charge in [0, 0.05) is 5.75 Å². The highest BCUT2D eigenvalue weighted by Crippen LogP contribution is 2.07. The lowest BCUT2D eigenvalue weighted by Gasteiger charge is -2.24. The van der Waals surface area contributed by atoms with Gasteiger partial charge in [-0.25, -0.2) is 4.79 Å². The monoisotopic (exact) mass is 418 g/mol. The van der Waals surface area contributed by atoms with Gasteiger partial charge in [0.2, 0.25) is 17.7 Å². The molecule has 0 aliphatic heterocycles. The van der Waals surface area contributed by atoms with E-state index in [9.17, 15) is 24.3 Å². The van der Waals surface area contributed by atoms with Crippen molar-refractivity contribution < 1.29 is 24.3 Å². The molecule has 0 radical (unpaired) electrons. The van der Waals surface area contributed by atoms with Gasteiger partial charge in [0.15, 0.2) is 0 Å². The summed E-state index contributed by atoms with van der Waals surface area (Å²) >= 11 is 3.97. The third-order valence-electron chi connectivity index (χ3n) is 3.95. The maximum atomic E-state index is 12.6. The van der Waals surface area contributed by atoms with Crippen LogP contribution in [0.1, 0.15) is 47.5 Å². The normalized spacial score (nSPS) is 15.5. The number of aliphatic carboxylic acids is 1. The zero-order valence-electron chi connectivity index (χ0n) is 17.2. The Morgan fingerprint density at radius 1 is 0.821 bits per heavy atom. The fraction of sp³-hybridized carbons (Fsp3) is 0.778. The summed E-state index contributed by atoms with van der Waals surface area (Å²) in [4.78, 5) is 48.1. The van der Waals surface area contributed by atoms with Gasteiger partial charge in [-0.15, -0.1) is 0 Å². The average molecular weight is 419 g/mol. The molecule has 0 aromatic heterocycles. The standard InChI is InChI=1S/C18H34N4O5S/c1-9(2)6-13(21-16(24)12(19)8-28)17(25)20-11(5)15(23)22-14(18(26)27)7-10(3)4/h9-14,28H,6-8,19H2,1-5H3,(H,20,25)(H,21,24)(H,22,23)(H,26,27). The van der Waals surface area contributed by atoms with Gasteiger partial charge in [0.25, 0.3) is 0 Å². The highest BCUT2D eigenvalue weighted by Gasteiger charge is 2.28. The van der Waals surface area contributed by atoms with E-state index in [-0.39, 0.29) is 24.0 Å². The molecule has 0 aliphatic carbocycles. The van der Waals surface area contributed by atoms with Crippen molar-refractivity contribution in [1.29, 1.82) is 0 Å². The lowest BCUT2D eigenvalue weighted by molar-refractivity contribution is -0.142. The molecule has 0 spiro atoms. The van der Waals surface area contributed by atoms with Crippen LogP contribution in [-0.2, 0) is 19.2 Å². The van der Waals surface area contributed by atoms with Gasteiger partial charge in [-0.3, -0.25) is 14.4 Å². The van der Waals surface area contributed by atoms with E-state index in [2.05, 4.69) is 28.6 Å². The van der Waals surface area contributed by atoms with Crippen LogP contribution >= 0.6 is 12.6 Å². The van der Waals surface area contributed by atoms with Crippen molar-refractivity contribution in [2.45, 2.75) is 71.6 Å². The van der Waals surface area contributed by atoms with Crippen molar-refractivity contribution in [2.24, 2.45) is 17.6 Å². The first kappa shape index (κ1) is 26.2. The lowest BCUT2D eigenvalue weighted by Crippen LogP contribution is -2.56. The fourth-order valence-electron chi connectivity index (χ4n) is 2.43. The Balaban J connectivity index is 5.00. The highest BCUT2D eigenvalue weighted by atomic mass is 32.1. The zero-order valence-corrected chi connectivity index (χ0v) is 18.1. The summed E-state index contributed by atoms with van der Waals surface area (Å²) in [7, 11) is 0. The van der Waals surface area contributed by atoms with Crippen molar-refractivity contribution in [3.05, 3.63) is 0 Å². The Morgan fingerprint density at radius 2 is 1.29 bits per heavy atom. The maximum Gasteiger partial charge on any atom is 0.326 e. The van der Waals surface area contributed by atoms with Gasteiger partial charge in [-0.05, 0) is 31.6 Å². The van der Waals surface area contributed by atoms with Gasteiger partial charge >= 0.3 is 5.97 Å².